The summed E-state index contributed by atoms with van der Waals surface area (Å²) in [6, 6.07) is 5.48. The van der Waals surface area contributed by atoms with Crippen LogP contribution in [0.25, 0.3) is 0 Å². The highest BCUT2D eigenvalue weighted by Crippen LogP contribution is 2.20. The molecule has 4 heteroatoms. The normalized spacial score (nSPS) is 12.6. The molecular weight excluding hydrogens is 253 g/mol. The van der Waals surface area contributed by atoms with Gasteiger partial charge in [0.15, 0.2) is 0 Å². The lowest BCUT2D eigenvalue weighted by Crippen LogP contribution is -2.24. The van der Waals surface area contributed by atoms with Crippen LogP contribution in [0.2, 0.25) is 0 Å². The lowest BCUT2D eigenvalue weighted by Gasteiger charge is -2.19. The van der Waals surface area contributed by atoms with Gasteiger partial charge in [0.25, 0.3) is 0 Å². The van der Waals surface area contributed by atoms with Crippen molar-refractivity contribution >= 4 is 0 Å². The van der Waals surface area contributed by atoms with E-state index in [1.54, 1.807) is 13.0 Å². The van der Waals surface area contributed by atoms with E-state index < -0.39 is 0 Å². The molecule has 108 valence electrons. The highest BCUT2D eigenvalue weighted by molar-refractivity contribution is 5.27. The summed E-state index contributed by atoms with van der Waals surface area (Å²) in [7, 11) is 0. The summed E-state index contributed by atoms with van der Waals surface area (Å²) >= 11 is 0. The summed E-state index contributed by atoms with van der Waals surface area (Å²) in [6.07, 6.45) is 4.63. The van der Waals surface area contributed by atoms with Crippen molar-refractivity contribution in [2.45, 2.75) is 39.8 Å². The third-order valence-corrected chi connectivity index (χ3v) is 3.56. The van der Waals surface area contributed by atoms with E-state index in [4.69, 9.17) is 0 Å². The van der Waals surface area contributed by atoms with Crippen molar-refractivity contribution in [3.63, 3.8) is 0 Å². The molecule has 1 heterocycles. The summed E-state index contributed by atoms with van der Waals surface area (Å²) in [4.78, 5) is 4.42. The molecule has 0 saturated heterocycles. The van der Waals surface area contributed by atoms with Gasteiger partial charge < -0.3 is 9.88 Å². The van der Waals surface area contributed by atoms with E-state index in [9.17, 15) is 4.39 Å². The Morgan fingerprint density at radius 3 is 2.80 bits per heavy atom. The molecule has 0 saturated carbocycles. The molecule has 1 aromatic carbocycles. The Balaban J connectivity index is 2.24. The minimum absolute atomic E-state index is 0.154. The first kappa shape index (κ1) is 14.7. The van der Waals surface area contributed by atoms with Crippen molar-refractivity contribution in [1.29, 1.82) is 0 Å². The number of aryl methyl sites for hydroxylation is 2. The first-order valence-corrected chi connectivity index (χ1v) is 7.15. The minimum atomic E-state index is -0.154. The Kier molecular flexibility index (Phi) is 4.90. The number of halogens is 1. The van der Waals surface area contributed by atoms with Crippen LogP contribution >= 0.6 is 0 Å². The van der Waals surface area contributed by atoms with Crippen molar-refractivity contribution in [3.05, 3.63) is 53.4 Å². The van der Waals surface area contributed by atoms with Gasteiger partial charge in [-0.1, -0.05) is 19.1 Å². The van der Waals surface area contributed by atoms with Gasteiger partial charge in [-0.3, -0.25) is 0 Å². The van der Waals surface area contributed by atoms with Gasteiger partial charge in [-0.05, 0) is 37.6 Å². The number of nitrogens with one attached hydrogen (secondary N) is 1. The maximum atomic E-state index is 13.4. The molecule has 0 bridgehead atoms. The standard InChI is InChI=1S/C16H22FN3/c1-4-18-15(11-16-19-8-9-20(16)5-2)13-6-7-14(17)12(3)10-13/h6-10,15,18H,4-5,11H2,1-3H3. The van der Waals surface area contributed by atoms with Crippen LogP contribution in [0.3, 0.4) is 0 Å². The fraction of sp³-hybridized carbons (Fsp3) is 0.438. The molecule has 3 nitrogen and oxygen atoms in total. The topological polar surface area (TPSA) is 29.9 Å². The van der Waals surface area contributed by atoms with E-state index in [0.29, 0.717) is 5.56 Å². The molecule has 0 spiro atoms. The van der Waals surface area contributed by atoms with Gasteiger partial charge in [0, 0.05) is 31.4 Å². The van der Waals surface area contributed by atoms with E-state index in [0.717, 1.165) is 30.9 Å². The molecule has 2 aromatic rings. The number of imidazole rings is 1. The van der Waals surface area contributed by atoms with E-state index in [-0.39, 0.29) is 11.9 Å². The van der Waals surface area contributed by atoms with Crippen LogP contribution in [0, 0.1) is 12.7 Å². The summed E-state index contributed by atoms with van der Waals surface area (Å²) in [5.74, 6) is 0.902. The summed E-state index contributed by atoms with van der Waals surface area (Å²) in [5.41, 5.74) is 1.79. The third-order valence-electron chi connectivity index (χ3n) is 3.56. The van der Waals surface area contributed by atoms with Crippen molar-refractivity contribution in [3.8, 4) is 0 Å². The zero-order chi connectivity index (χ0) is 14.5. The lowest BCUT2D eigenvalue weighted by atomic mass is 10.0. The van der Waals surface area contributed by atoms with Crippen molar-refractivity contribution in [1.82, 2.24) is 14.9 Å². The second kappa shape index (κ2) is 6.66. The van der Waals surface area contributed by atoms with Gasteiger partial charge in [0.05, 0.1) is 0 Å². The van der Waals surface area contributed by atoms with Gasteiger partial charge in [-0.2, -0.15) is 0 Å². The first-order chi connectivity index (χ1) is 9.65. The van der Waals surface area contributed by atoms with Crippen LogP contribution in [-0.2, 0) is 13.0 Å². The fourth-order valence-corrected chi connectivity index (χ4v) is 2.44. The zero-order valence-corrected chi connectivity index (χ0v) is 12.4. The molecule has 1 atom stereocenters. The number of benzene rings is 1. The molecule has 1 aromatic heterocycles. The first-order valence-electron chi connectivity index (χ1n) is 7.15. The Hall–Kier alpha value is -1.68. The monoisotopic (exact) mass is 275 g/mol. The number of hydrogen-bond donors (Lipinski definition) is 1. The van der Waals surface area contributed by atoms with Crippen LogP contribution in [-0.4, -0.2) is 16.1 Å². The predicted molar refractivity (Wildman–Crippen MR) is 79.2 cm³/mol. The van der Waals surface area contributed by atoms with Gasteiger partial charge in [-0.25, -0.2) is 9.37 Å². The molecule has 0 aliphatic rings. The number of likely N-dealkylation sites (N-methyl/N-ethyl adjacent to an activating group) is 1. The van der Waals surface area contributed by atoms with Crippen molar-refractivity contribution in [2.75, 3.05) is 6.54 Å². The maximum absolute atomic E-state index is 13.4. The smallest absolute Gasteiger partial charge is 0.126 e. The highest BCUT2D eigenvalue weighted by Gasteiger charge is 2.15. The number of aromatic nitrogens is 2. The van der Waals surface area contributed by atoms with Gasteiger partial charge in [0.2, 0.25) is 0 Å². The van der Waals surface area contributed by atoms with Crippen LogP contribution in [0.5, 0.6) is 0 Å². The molecule has 1 unspecified atom stereocenters. The van der Waals surface area contributed by atoms with Crippen LogP contribution in [0.4, 0.5) is 4.39 Å². The number of nitrogens with zero attached hydrogens (tertiary/aromatic N) is 2. The van der Waals surface area contributed by atoms with E-state index in [1.807, 2.05) is 24.5 Å². The third kappa shape index (κ3) is 3.25. The van der Waals surface area contributed by atoms with Gasteiger partial charge in [-0.15, -0.1) is 0 Å². The van der Waals surface area contributed by atoms with Gasteiger partial charge >= 0.3 is 0 Å². The molecule has 20 heavy (non-hydrogen) atoms. The van der Waals surface area contributed by atoms with Crippen LogP contribution < -0.4 is 5.32 Å². The Morgan fingerprint density at radius 1 is 1.35 bits per heavy atom. The van der Waals surface area contributed by atoms with Gasteiger partial charge in [0.1, 0.15) is 11.6 Å². The Bertz CT molecular complexity index is 563. The highest BCUT2D eigenvalue weighted by atomic mass is 19.1. The minimum Gasteiger partial charge on any atom is -0.335 e. The van der Waals surface area contributed by atoms with Crippen LogP contribution in [0.1, 0.15) is 36.8 Å². The molecular formula is C16H22FN3. The lowest BCUT2D eigenvalue weighted by molar-refractivity contribution is 0.520. The zero-order valence-electron chi connectivity index (χ0n) is 12.4. The molecule has 0 fully saturated rings. The molecule has 0 radical (unpaired) electrons. The molecule has 1 N–H and O–H groups in total. The largest absolute Gasteiger partial charge is 0.335 e. The quantitative estimate of drug-likeness (QED) is 0.877. The second-order valence-corrected chi connectivity index (χ2v) is 4.95. The Labute approximate surface area is 119 Å². The molecule has 0 aliphatic carbocycles. The Morgan fingerprint density at radius 2 is 2.15 bits per heavy atom. The predicted octanol–water partition coefficient (Wildman–Crippen LogP) is 3.24. The fourth-order valence-electron chi connectivity index (χ4n) is 2.44. The summed E-state index contributed by atoms with van der Waals surface area (Å²) in [6.45, 7) is 7.77. The van der Waals surface area contributed by atoms with Crippen LogP contribution in [0.15, 0.2) is 30.6 Å². The summed E-state index contributed by atoms with van der Waals surface area (Å²) in [5, 5.41) is 3.46. The molecule has 0 aliphatic heterocycles. The molecule has 0 amide bonds. The van der Waals surface area contributed by atoms with E-state index in [2.05, 4.69) is 28.7 Å². The van der Waals surface area contributed by atoms with Crippen molar-refractivity contribution < 1.29 is 4.39 Å². The SMILES string of the molecule is CCNC(Cc1nccn1CC)c1ccc(F)c(C)c1. The number of hydrogen-bond acceptors (Lipinski definition) is 2. The van der Waals surface area contributed by atoms with E-state index in [1.165, 1.54) is 0 Å². The number of rotatable bonds is 6. The second-order valence-electron chi connectivity index (χ2n) is 4.95. The average molecular weight is 275 g/mol. The van der Waals surface area contributed by atoms with Crippen molar-refractivity contribution in [2.24, 2.45) is 0 Å². The van der Waals surface area contributed by atoms with E-state index >= 15 is 0 Å². The maximum Gasteiger partial charge on any atom is 0.126 e. The average Bonchev–Trinajstić information content (AvgIpc) is 2.88. The summed E-state index contributed by atoms with van der Waals surface area (Å²) < 4.78 is 15.5. The molecule has 2 rings (SSSR count).